The summed E-state index contributed by atoms with van der Waals surface area (Å²) in [7, 11) is 1.73. The molecule has 0 aromatic carbocycles. The smallest absolute Gasteiger partial charge is 0.279 e. The summed E-state index contributed by atoms with van der Waals surface area (Å²) in [5.41, 5.74) is -0.159. The van der Waals surface area contributed by atoms with Crippen LogP contribution in [0.3, 0.4) is 0 Å². The van der Waals surface area contributed by atoms with Gasteiger partial charge in [-0.15, -0.1) is 0 Å². The first-order valence-corrected chi connectivity index (χ1v) is 8.10. The van der Waals surface area contributed by atoms with E-state index < -0.39 is 10.2 Å². The molecule has 0 spiro atoms. The first-order chi connectivity index (χ1) is 8.75. The van der Waals surface area contributed by atoms with Crippen LogP contribution in [0.15, 0.2) is 0 Å². The Kier molecular flexibility index (Phi) is 5.76. The van der Waals surface area contributed by atoms with Crippen LogP contribution in [0.5, 0.6) is 0 Å². The van der Waals surface area contributed by atoms with E-state index in [1.165, 1.54) is 4.31 Å². The minimum absolute atomic E-state index is 0.0609. The Labute approximate surface area is 117 Å². The van der Waals surface area contributed by atoms with Crippen molar-refractivity contribution in [3.63, 3.8) is 0 Å². The lowest BCUT2D eigenvalue weighted by atomic mass is 9.65. The Hall–Kier alpha value is -0.210. The van der Waals surface area contributed by atoms with Crippen molar-refractivity contribution in [2.45, 2.75) is 38.8 Å². The van der Waals surface area contributed by atoms with Crippen molar-refractivity contribution >= 4 is 10.2 Å². The SMILES string of the molecule is CNCCCN(C)S(=O)(=O)NC1CC(OC)C1(C)C. The summed E-state index contributed by atoms with van der Waals surface area (Å²) in [4.78, 5) is 0. The number of hydrogen-bond acceptors (Lipinski definition) is 4. The highest BCUT2D eigenvalue weighted by molar-refractivity contribution is 7.87. The molecule has 0 bridgehead atoms. The molecule has 2 N–H and O–H groups in total. The molecule has 7 heteroatoms. The number of hydrogen-bond donors (Lipinski definition) is 2. The van der Waals surface area contributed by atoms with Crippen LogP contribution < -0.4 is 10.0 Å². The van der Waals surface area contributed by atoms with E-state index >= 15 is 0 Å². The van der Waals surface area contributed by atoms with Gasteiger partial charge in [0.15, 0.2) is 0 Å². The van der Waals surface area contributed by atoms with Gasteiger partial charge >= 0.3 is 0 Å². The summed E-state index contributed by atoms with van der Waals surface area (Å²) in [5, 5.41) is 3.01. The second kappa shape index (κ2) is 6.49. The molecule has 1 saturated carbocycles. The minimum Gasteiger partial charge on any atom is -0.381 e. The Morgan fingerprint density at radius 3 is 2.53 bits per heavy atom. The third-order valence-corrected chi connectivity index (χ3v) is 5.65. The molecule has 19 heavy (non-hydrogen) atoms. The third kappa shape index (κ3) is 3.88. The lowest BCUT2D eigenvalue weighted by Crippen LogP contribution is -2.63. The molecule has 1 aliphatic rings. The maximum absolute atomic E-state index is 12.2. The Morgan fingerprint density at radius 1 is 1.42 bits per heavy atom. The molecule has 0 heterocycles. The summed E-state index contributed by atoms with van der Waals surface area (Å²) in [5.74, 6) is 0. The van der Waals surface area contributed by atoms with E-state index in [2.05, 4.69) is 10.0 Å². The second-order valence-corrected chi connectivity index (χ2v) is 7.54. The Balaban J connectivity index is 2.52. The zero-order chi connectivity index (χ0) is 14.7. The lowest BCUT2D eigenvalue weighted by Gasteiger charge is -2.51. The molecule has 2 atom stereocenters. The highest BCUT2D eigenvalue weighted by atomic mass is 32.2. The van der Waals surface area contributed by atoms with E-state index in [1.54, 1.807) is 14.2 Å². The fraction of sp³-hybridized carbons (Fsp3) is 1.00. The minimum atomic E-state index is -3.40. The number of methoxy groups -OCH3 is 1. The molecule has 0 aromatic rings. The standard InChI is InChI=1S/C12H27N3O3S/c1-12(2)10(9-11(12)18-5)14-19(16,17)15(4)8-6-7-13-3/h10-11,13-14H,6-9H2,1-5H3. The van der Waals surface area contributed by atoms with Crippen molar-refractivity contribution in [3.05, 3.63) is 0 Å². The maximum Gasteiger partial charge on any atom is 0.279 e. The molecular formula is C12H27N3O3S. The first kappa shape index (κ1) is 16.8. The second-order valence-electron chi connectivity index (χ2n) is 5.74. The topological polar surface area (TPSA) is 70.7 Å². The maximum atomic E-state index is 12.2. The summed E-state index contributed by atoms with van der Waals surface area (Å²) in [6.07, 6.45) is 1.64. The van der Waals surface area contributed by atoms with Crippen LogP contribution in [0.1, 0.15) is 26.7 Å². The van der Waals surface area contributed by atoms with Crippen LogP contribution >= 0.6 is 0 Å². The molecule has 6 nitrogen and oxygen atoms in total. The lowest BCUT2D eigenvalue weighted by molar-refractivity contribution is -0.0911. The Morgan fingerprint density at radius 2 is 2.05 bits per heavy atom. The predicted molar refractivity (Wildman–Crippen MR) is 76.2 cm³/mol. The monoisotopic (exact) mass is 293 g/mol. The molecule has 1 fully saturated rings. The number of ether oxygens (including phenoxy) is 1. The fourth-order valence-corrected chi connectivity index (χ4v) is 3.66. The zero-order valence-corrected chi connectivity index (χ0v) is 13.4. The highest BCUT2D eigenvalue weighted by Gasteiger charge is 2.50. The average molecular weight is 293 g/mol. The van der Waals surface area contributed by atoms with Gasteiger partial charge in [0.2, 0.25) is 0 Å². The van der Waals surface area contributed by atoms with E-state index in [0.29, 0.717) is 6.54 Å². The van der Waals surface area contributed by atoms with Crippen LogP contribution in [0.25, 0.3) is 0 Å². The van der Waals surface area contributed by atoms with E-state index in [9.17, 15) is 8.42 Å². The van der Waals surface area contributed by atoms with Crippen molar-refractivity contribution in [1.29, 1.82) is 0 Å². The quantitative estimate of drug-likeness (QED) is 0.626. The summed E-state index contributed by atoms with van der Waals surface area (Å²) in [6, 6.07) is -0.0609. The highest BCUT2D eigenvalue weighted by Crippen LogP contribution is 2.42. The average Bonchev–Trinajstić information content (AvgIpc) is 2.34. The van der Waals surface area contributed by atoms with Crippen LogP contribution in [-0.2, 0) is 14.9 Å². The van der Waals surface area contributed by atoms with Gasteiger partial charge in [-0.05, 0) is 26.4 Å². The van der Waals surface area contributed by atoms with Crippen molar-refractivity contribution in [2.24, 2.45) is 5.41 Å². The third-order valence-electron chi connectivity index (χ3n) is 4.06. The van der Waals surface area contributed by atoms with Crippen molar-refractivity contribution in [2.75, 3.05) is 34.3 Å². The van der Waals surface area contributed by atoms with Crippen molar-refractivity contribution < 1.29 is 13.2 Å². The molecule has 0 aromatic heterocycles. The molecule has 0 aliphatic heterocycles. The molecule has 0 saturated heterocycles. The molecule has 2 unspecified atom stereocenters. The summed E-state index contributed by atoms with van der Waals surface area (Å²) in [6.45, 7) is 5.37. The normalized spacial score (nSPS) is 26.4. The summed E-state index contributed by atoms with van der Waals surface area (Å²) < 4.78 is 33.8. The molecule has 1 aliphatic carbocycles. The zero-order valence-electron chi connectivity index (χ0n) is 12.6. The largest absolute Gasteiger partial charge is 0.381 e. The van der Waals surface area contributed by atoms with Crippen LogP contribution in [0, 0.1) is 5.41 Å². The molecule has 0 amide bonds. The van der Waals surface area contributed by atoms with E-state index in [0.717, 1.165) is 19.4 Å². The van der Waals surface area contributed by atoms with Gasteiger partial charge < -0.3 is 10.1 Å². The van der Waals surface area contributed by atoms with E-state index in [-0.39, 0.29) is 17.6 Å². The first-order valence-electron chi connectivity index (χ1n) is 6.66. The molecule has 1 rings (SSSR count). The van der Waals surface area contributed by atoms with Crippen LogP contribution in [-0.4, -0.2) is 59.2 Å². The van der Waals surface area contributed by atoms with Gasteiger partial charge in [-0.2, -0.15) is 17.4 Å². The van der Waals surface area contributed by atoms with Gasteiger partial charge in [-0.1, -0.05) is 13.8 Å². The fourth-order valence-electron chi connectivity index (χ4n) is 2.35. The van der Waals surface area contributed by atoms with Gasteiger partial charge in [-0.25, -0.2) is 0 Å². The Bertz CT molecular complexity index is 384. The van der Waals surface area contributed by atoms with Gasteiger partial charge in [0, 0.05) is 32.2 Å². The van der Waals surface area contributed by atoms with Crippen LogP contribution in [0.2, 0.25) is 0 Å². The molecular weight excluding hydrogens is 266 g/mol. The van der Waals surface area contributed by atoms with Crippen molar-refractivity contribution in [1.82, 2.24) is 14.3 Å². The molecule has 0 radical (unpaired) electrons. The van der Waals surface area contributed by atoms with Gasteiger partial charge in [0.25, 0.3) is 10.2 Å². The van der Waals surface area contributed by atoms with E-state index in [4.69, 9.17) is 4.74 Å². The number of nitrogens with one attached hydrogen (secondary N) is 2. The van der Waals surface area contributed by atoms with Gasteiger partial charge in [-0.3, -0.25) is 0 Å². The van der Waals surface area contributed by atoms with Crippen molar-refractivity contribution in [3.8, 4) is 0 Å². The number of nitrogens with zero attached hydrogens (tertiary/aromatic N) is 1. The van der Waals surface area contributed by atoms with Gasteiger partial charge in [0.1, 0.15) is 0 Å². The predicted octanol–water partition coefficient (Wildman–Crippen LogP) is 0.176. The van der Waals surface area contributed by atoms with E-state index in [1.807, 2.05) is 20.9 Å². The van der Waals surface area contributed by atoms with Crippen LogP contribution in [0.4, 0.5) is 0 Å². The molecule has 114 valence electrons. The van der Waals surface area contributed by atoms with Gasteiger partial charge in [0.05, 0.1) is 6.10 Å². The number of rotatable bonds is 8. The summed E-state index contributed by atoms with van der Waals surface area (Å²) >= 11 is 0.